The Balaban J connectivity index is 1.43. The second-order valence-corrected chi connectivity index (χ2v) is 6.89. The summed E-state index contributed by atoms with van der Waals surface area (Å²) in [5, 5.41) is 7.50. The van der Waals surface area contributed by atoms with Gasteiger partial charge >= 0.3 is 0 Å². The first-order valence-corrected chi connectivity index (χ1v) is 9.31. The van der Waals surface area contributed by atoms with Gasteiger partial charge in [0.1, 0.15) is 11.9 Å². The summed E-state index contributed by atoms with van der Waals surface area (Å²) < 4.78 is 5.44. The van der Waals surface area contributed by atoms with Crippen molar-refractivity contribution in [2.45, 2.75) is 32.4 Å². The van der Waals surface area contributed by atoms with Gasteiger partial charge in [-0.3, -0.25) is 4.79 Å². The highest BCUT2D eigenvalue weighted by Gasteiger charge is 2.23. The Labute approximate surface area is 158 Å². The lowest BCUT2D eigenvalue weighted by Gasteiger charge is -2.12. The normalized spacial score (nSPS) is 16.4. The van der Waals surface area contributed by atoms with E-state index in [1.807, 2.05) is 42.5 Å². The third kappa shape index (κ3) is 4.09. The molecule has 138 valence electrons. The molecule has 0 bridgehead atoms. The number of hydrogen-bond acceptors (Lipinski definition) is 4. The van der Waals surface area contributed by atoms with Gasteiger partial charge in [0.2, 0.25) is 0 Å². The number of nitrogens with one attached hydrogen (secondary N) is 2. The molecule has 0 radical (unpaired) electrons. The van der Waals surface area contributed by atoms with Crippen LogP contribution in [0.25, 0.3) is 10.9 Å². The number of aromatic nitrogens is 1. The number of ether oxygens (including phenoxy) is 1. The molecule has 0 aliphatic carbocycles. The maximum absolute atomic E-state index is 12.2. The molecular formula is C22H23N3O2. The molecule has 2 N–H and O–H groups in total. The smallest absolute Gasteiger partial charge is 0.253 e. The van der Waals surface area contributed by atoms with E-state index in [9.17, 15) is 4.79 Å². The molecule has 1 aliphatic heterocycles. The quantitative estimate of drug-likeness (QED) is 0.712. The summed E-state index contributed by atoms with van der Waals surface area (Å²) in [6.07, 6.45) is 1.41. The number of rotatable bonds is 5. The van der Waals surface area contributed by atoms with Crippen LogP contribution < -0.4 is 10.6 Å². The fourth-order valence-corrected chi connectivity index (χ4v) is 3.40. The Bertz CT molecular complexity index is 965. The number of nitrogens with zero attached hydrogens (tertiary/aromatic N) is 1. The first-order valence-electron chi connectivity index (χ1n) is 9.31. The number of anilines is 2. The predicted molar refractivity (Wildman–Crippen MR) is 108 cm³/mol. The van der Waals surface area contributed by atoms with Crippen LogP contribution in [0.5, 0.6) is 0 Å². The molecular weight excluding hydrogens is 338 g/mol. The van der Waals surface area contributed by atoms with E-state index in [1.54, 1.807) is 0 Å². The van der Waals surface area contributed by atoms with Gasteiger partial charge in [-0.25, -0.2) is 4.98 Å². The zero-order valence-electron chi connectivity index (χ0n) is 15.4. The molecule has 5 nitrogen and oxygen atoms in total. The van der Waals surface area contributed by atoms with Crippen LogP contribution in [0.15, 0.2) is 54.6 Å². The Morgan fingerprint density at radius 3 is 2.93 bits per heavy atom. The lowest BCUT2D eigenvalue weighted by atomic mass is 10.1. The van der Waals surface area contributed by atoms with Gasteiger partial charge in [-0.05, 0) is 55.2 Å². The minimum Gasteiger partial charge on any atom is -0.368 e. The molecule has 4 rings (SSSR count). The zero-order chi connectivity index (χ0) is 18.6. The average Bonchev–Trinajstić information content (AvgIpc) is 3.22. The van der Waals surface area contributed by atoms with Crippen molar-refractivity contribution in [3.63, 3.8) is 0 Å². The molecule has 1 amide bonds. The van der Waals surface area contributed by atoms with Crippen LogP contribution in [0.2, 0.25) is 0 Å². The van der Waals surface area contributed by atoms with Gasteiger partial charge in [-0.1, -0.05) is 30.3 Å². The molecule has 2 aromatic carbocycles. The minimum atomic E-state index is -0.323. The van der Waals surface area contributed by atoms with Crippen molar-refractivity contribution in [3.8, 4) is 0 Å². The molecule has 0 saturated carbocycles. The number of fused-ring (bicyclic) bond motifs is 1. The van der Waals surface area contributed by atoms with E-state index in [-0.39, 0.29) is 12.0 Å². The highest BCUT2D eigenvalue weighted by atomic mass is 16.5. The number of hydrogen-bond donors (Lipinski definition) is 2. The van der Waals surface area contributed by atoms with Gasteiger partial charge < -0.3 is 15.4 Å². The summed E-state index contributed by atoms with van der Waals surface area (Å²) in [6, 6.07) is 18.0. The molecule has 3 aromatic rings. The van der Waals surface area contributed by atoms with Gasteiger partial charge in [0, 0.05) is 24.2 Å². The molecule has 5 heteroatoms. The summed E-state index contributed by atoms with van der Waals surface area (Å²) >= 11 is 0. The predicted octanol–water partition coefficient (Wildman–Crippen LogP) is 4.27. The number of para-hydroxylation sites is 1. The zero-order valence-corrected chi connectivity index (χ0v) is 15.4. The number of benzene rings is 2. The molecule has 1 unspecified atom stereocenters. The van der Waals surface area contributed by atoms with E-state index in [2.05, 4.69) is 34.7 Å². The lowest BCUT2D eigenvalue weighted by Crippen LogP contribution is -2.26. The SMILES string of the molecule is Cc1cc(NCc2cccc(NC(=O)C3CCCO3)c2)nc2ccccc12. The van der Waals surface area contributed by atoms with E-state index >= 15 is 0 Å². The Morgan fingerprint density at radius 2 is 2.07 bits per heavy atom. The van der Waals surface area contributed by atoms with Crippen molar-refractivity contribution < 1.29 is 9.53 Å². The van der Waals surface area contributed by atoms with E-state index in [1.165, 1.54) is 10.9 Å². The first kappa shape index (κ1) is 17.5. The topological polar surface area (TPSA) is 63.2 Å². The largest absolute Gasteiger partial charge is 0.368 e. The van der Waals surface area contributed by atoms with Crippen LogP contribution >= 0.6 is 0 Å². The van der Waals surface area contributed by atoms with Crippen molar-refractivity contribution in [2.75, 3.05) is 17.2 Å². The van der Waals surface area contributed by atoms with E-state index < -0.39 is 0 Å². The first-order chi connectivity index (χ1) is 13.2. The molecule has 1 atom stereocenters. The van der Waals surface area contributed by atoms with Crippen LogP contribution in [-0.4, -0.2) is 23.6 Å². The Kier molecular flexibility index (Phi) is 5.03. The van der Waals surface area contributed by atoms with Crippen LogP contribution in [0, 0.1) is 6.92 Å². The summed E-state index contributed by atoms with van der Waals surface area (Å²) in [5.74, 6) is 0.782. The minimum absolute atomic E-state index is 0.0653. The standard InChI is InChI=1S/C22H23N3O2/c1-15-12-21(25-19-9-3-2-8-18(15)19)23-14-16-6-4-7-17(13-16)24-22(26)20-10-5-11-27-20/h2-4,6-9,12-13,20H,5,10-11,14H2,1H3,(H,23,25)(H,24,26). The van der Waals surface area contributed by atoms with E-state index in [0.29, 0.717) is 13.2 Å². The Hall–Kier alpha value is -2.92. The van der Waals surface area contributed by atoms with Crippen molar-refractivity contribution in [3.05, 3.63) is 65.7 Å². The molecule has 1 aliphatic rings. The highest BCUT2D eigenvalue weighted by molar-refractivity contribution is 5.94. The molecule has 1 saturated heterocycles. The van der Waals surface area contributed by atoms with E-state index in [4.69, 9.17) is 4.74 Å². The van der Waals surface area contributed by atoms with E-state index in [0.717, 1.165) is 35.4 Å². The van der Waals surface area contributed by atoms with Crippen LogP contribution in [0.1, 0.15) is 24.0 Å². The maximum Gasteiger partial charge on any atom is 0.253 e. The number of aryl methyl sites for hydroxylation is 1. The number of carbonyl (C=O) groups excluding carboxylic acids is 1. The number of pyridine rings is 1. The average molecular weight is 361 g/mol. The second-order valence-electron chi connectivity index (χ2n) is 6.89. The third-order valence-electron chi connectivity index (χ3n) is 4.81. The van der Waals surface area contributed by atoms with Crippen LogP contribution in [0.4, 0.5) is 11.5 Å². The fourth-order valence-electron chi connectivity index (χ4n) is 3.40. The molecule has 1 fully saturated rings. The molecule has 27 heavy (non-hydrogen) atoms. The summed E-state index contributed by atoms with van der Waals surface area (Å²) in [4.78, 5) is 16.9. The van der Waals surface area contributed by atoms with Gasteiger partial charge in [0.25, 0.3) is 5.91 Å². The third-order valence-corrected chi connectivity index (χ3v) is 4.81. The molecule has 0 spiro atoms. The highest BCUT2D eigenvalue weighted by Crippen LogP contribution is 2.21. The summed E-state index contributed by atoms with van der Waals surface area (Å²) in [6.45, 7) is 3.39. The number of carbonyl (C=O) groups is 1. The van der Waals surface area contributed by atoms with Gasteiger partial charge in [-0.2, -0.15) is 0 Å². The Morgan fingerprint density at radius 1 is 1.19 bits per heavy atom. The summed E-state index contributed by atoms with van der Waals surface area (Å²) in [5.41, 5.74) is 4.04. The number of amides is 1. The van der Waals surface area contributed by atoms with Gasteiger partial charge in [0.05, 0.1) is 5.52 Å². The summed E-state index contributed by atoms with van der Waals surface area (Å²) in [7, 11) is 0. The second kappa shape index (κ2) is 7.76. The van der Waals surface area contributed by atoms with Crippen LogP contribution in [-0.2, 0) is 16.1 Å². The van der Waals surface area contributed by atoms with Crippen molar-refractivity contribution in [1.29, 1.82) is 0 Å². The van der Waals surface area contributed by atoms with Crippen LogP contribution in [0.3, 0.4) is 0 Å². The molecule has 2 heterocycles. The fraction of sp³-hybridized carbons (Fsp3) is 0.273. The maximum atomic E-state index is 12.2. The monoisotopic (exact) mass is 361 g/mol. The molecule has 1 aromatic heterocycles. The lowest BCUT2D eigenvalue weighted by molar-refractivity contribution is -0.124. The van der Waals surface area contributed by atoms with Gasteiger partial charge in [-0.15, -0.1) is 0 Å². The van der Waals surface area contributed by atoms with Crippen molar-refractivity contribution >= 4 is 28.3 Å². The van der Waals surface area contributed by atoms with Crippen molar-refractivity contribution in [1.82, 2.24) is 4.98 Å². The van der Waals surface area contributed by atoms with Gasteiger partial charge in [0.15, 0.2) is 0 Å². The van der Waals surface area contributed by atoms with Crippen molar-refractivity contribution in [2.24, 2.45) is 0 Å².